The van der Waals surface area contributed by atoms with Gasteiger partial charge in [0.15, 0.2) is 5.96 Å². The monoisotopic (exact) mass is 517 g/mol. The number of rotatable bonds is 6. The van der Waals surface area contributed by atoms with E-state index in [2.05, 4.69) is 34.4 Å². The molecular formula is C20H29FIN5S. The summed E-state index contributed by atoms with van der Waals surface area (Å²) in [5.74, 6) is 0.665. The normalized spacial score (nSPS) is 15.2. The molecule has 0 saturated carbocycles. The fourth-order valence-corrected chi connectivity index (χ4v) is 3.99. The number of benzene rings is 1. The summed E-state index contributed by atoms with van der Waals surface area (Å²) in [4.78, 5) is 12.7. The number of piperidine rings is 1. The molecular weight excluding hydrogens is 488 g/mol. The highest BCUT2D eigenvalue weighted by Crippen LogP contribution is 2.21. The van der Waals surface area contributed by atoms with Gasteiger partial charge in [0, 0.05) is 42.4 Å². The van der Waals surface area contributed by atoms with E-state index in [-0.39, 0.29) is 29.8 Å². The summed E-state index contributed by atoms with van der Waals surface area (Å²) >= 11 is 1.73. The van der Waals surface area contributed by atoms with E-state index in [1.165, 1.54) is 10.9 Å². The van der Waals surface area contributed by atoms with Crippen molar-refractivity contribution in [3.63, 3.8) is 0 Å². The number of hydrogen-bond donors (Lipinski definition) is 2. The average Bonchev–Trinajstić information content (AvgIpc) is 3.15. The minimum Gasteiger partial charge on any atom is -0.371 e. The Bertz CT molecular complexity index is 759. The first-order chi connectivity index (χ1) is 13.2. The Kier molecular flexibility index (Phi) is 9.43. The number of aliphatic imine (C=N–C) groups is 1. The fraction of sp³-hybridized carbons (Fsp3) is 0.500. The van der Waals surface area contributed by atoms with Crippen LogP contribution in [0, 0.1) is 5.82 Å². The van der Waals surface area contributed by atoms with Gasteiger partial charge in [0.2, 0.25) is 0 Å². The number of nitrogens with one attached hydrogen (secondary N) is 2. The number of thiazole rings is 1. The van der Waals surface area contributed by atoms with Gasteiger partial charge in [0.1, 0.15) is 10.8 Å². The number of hydrogen-bond acceptors (Lipinski definition) is 4. The molecule has 5 nitrogen and oxygen atoms in total. The third kappa shape index (κ3) is 6.58. The molecule has 2 heterocycles. The van der Waals surface area contributed by atoms with Crippen molar-refractivity contribution in [1.82, 2.24) is 15.6 Å². The van der Waals surface area contributed by atoms with E-state index < -0.39 is 0 Å². The van der Waals surface area contributed by atoms with Gasteiger partial charge in [-0.05, 0) is 44.4 Å². The Morgan fingerprint density at radius 3 is 2.75 bits per heavy atom. The van der Waals surface area contributed by atoms with Gasteiger partial charge in [0.25, 0.3) is 0 Å². The molecule has 1 aromatic heterocycles. The third-order valence-corrected chi connectivity index (χ3v) is 5.80. The molecule has 0 bridgehead atoms. The Morgan fingerprint density at radius 1 is 1.32 bits per heavy atom. The van der Waals surface area contributed by atoms with Crippen LogP contribution in [0.15, 0.2) is 35.5 Å². The van der Waals surface area contributed by atoms with E-state index >= 15 is 0 Å². The maximum Gasteiger partial charge on any atom is 0.191 e. The summed E-state index contributed by atoms with van der Waals surface area (Å²) < 4.78 is 13.4. The number of guanidine groups is 1. The standard InChI is InChI=1S/C20H28FN5S.HI/c1-3-18-13-23-19(27-18)14-24-20(22-4-2)25-16-8-10-26(11-9-16)17-7-5-6-15(21)12-17;/h5-7,12-13,16H,3-4,8-11,14H2,1-2H3,(H2,22,24,25);1H. The van der Waals surface area contributed by atoms with Crippen LogP contribution < -0.4 is 15.5 Å². The summed E-state index contributed by atoms with van der Waals surface area (Å²) in [7, 11) is 0. The molecule has 3 rings (SSSR count). The number of anilines is 1. The van der Waals surface area contributed by atoms with Crippen LogP contribution in [0.4, 0.5) is 10.1 Å². The van der Waals surface area contributed by atoms with Crippen molar-refractivity contribution < 1.29 is 4.39 Å². The quantitative estimate of drug-likeness (QED) is 0.343. The Balaban J connectivity index is 0.00000280. The van der Waals surface area contributed by atoms with Gasteiger partial charge >= 0.3 is 0 Å². The molecule has 1 aliphatic heterocycles. The molecule has 1 aromatic carbocycles. The molecule has 1 fully saturated rings. The van der Waals surface area contributed by atoms with Crippen molar-refractivity contribution in [2.45, 2.75) is 45.7 Å². The van der Waals surface area contributed by atoms with Crippen LogP contribution >= 0.6 is 35.3 Å². The molecule has 0 atom stereocenters. The molecule has 0 spiro atoms. The van der Waals surface area contributed by atoms with Crippen LogP contribution in [0.25, 0.3) is 0 Å². The highest BCUT2D eigenvalue weighted by atomic mass is 127. The van der Waals surface area contributed by atoms with E-state index in [1.807, 2.05) is 12.3 Å². The topological polar surface area (TPSA) is 52.6 Å². The van der Waals surface area contributed by atoms with E-state index in [9.17, 15) is 4.39 Å². The van der Waals surface area contributed by atoms with Gasteiger partial charge in [0.05, 0.1) is 6.54 Å². The molecule has 8 heteroatoms. The van der Waals surface area contributed by atoms with Crippen LogP contribution in [0.1, 0.15) is 36.6 Å². The zero-order valence-corrected chi connectivity index (χ0v) is 19.6. The van der Waals surface area contributed by atoms with Crippen LogP contribution in [0.5, 0.6) is 0 Å². The third-order valence-electron chi connectivity index (χ3n) is 4.68. The number of halogens is 2. The second-order valence-corrected chi connectivity index (χ2v) is 7.85. The highest BCUT2D eigenvalue weighted by Gasteiger charge is 2.20. The van der Waals surface area contributed by atoms with Gasteiger partial charge in [-0.1, -0.05) is 13.0 Å². The Morgan fingerprint density at radius 2 is 2.11 bits per heavy atom. The molecule has 2 N–H and O–H groups in total. The fourth-order valence-electron chi connectivity index (χ4n) is 3.20. The van der Waals surface area contributed by atoms with Crippen molar-refractivity contribution in [3.8, 4) is 0 Å². The molecule has 0 unspecified atom stereocenters. The summed E-state index contributed by atoms with van der Waals surface area (Å²) in [6.07, 6.45) is 4.96. The molecule has 0 amide bonds. The van der Waals surface area contributed by atoms with Gasteiger partial charge in [-0.25, -0.2) is 14.4 Å². The van der Waals surface area contributed by atoms with Crippen molar-refractivity contribution in [2.75, 3.05) is 24.5 Å². The number of nitrogens with zero attached hydrogens (tertiary/aromatic N) is 3. The predicted octanol–water partition coefficient (Wildman–Crippen LogP) is 4.19. The molecule has 1 aliphatic rings. The second-order valence-electron chi connectivity index (χ2n) is 6.65. The molecule has 2 aromatic rings. The predicted molar refractivity (Wildman–Crippen MR) is 126 cm³/mol. The van der Waals surface area contributed by atoms with E-state index in [4.69, 9.17) is 4.99 Å². The average molecular weight is 517 g/mol. The van der Waals surface area contributed by atoms with E-state index in [0.717, 1.165) is 55.6 Å². The maximum absolute atomic E-state index is 13.4. The lowest BCUT2D eigenvalue weighted by Crippen LogP contribution is -2.48. The first-order valence-corrected chi connectivity index (χ1v) is 10.5. The second kappa shape index (κ2) is 11.5. The minimum atomic E-state index is -0.178. The highest BCUT2D eigenvalue weighted by molar-refractivity contribution is 14.0. The van der Waals surface area contributed by atoms with Gasteiger partial charge in [-0.15, -0.1) is 35.3 Å². The van der Waals surface area contributed by atoms with Crippen molar-refractivity contribution in [1.29, 1.82) is 0 Å². The summed E-state index contributed by atoms with van der Waals surface area (Å²) in [5, 5.41) is 7.92. The van der Waals surface area contributed by atoms with Gasteiger partial charge < -0.3 is 15.5 Å². The maximum atomic E-state index is 13.4. The summed E-state index contributed by atoms with van der Waals surface area (Å²) in [5.41, 5.74) is 0.963. The molecule has 1 saturated heterocycles. The molecule has 0 aliphatic carbocycles. The first-order valence-electron chi connectivity index (χ1n) is 9.67. The molecule has 0 radical (unpaired) electrons. The smallest absolute Gasteiger partial charge is 0.191 e. The van der Waals surface area contributed by atoms with Gasteiger partial charge in [-0.3, -0.25) is 0 Å². The zero-order chi connectivity index (χ0) is 19.1. The Hall–Kier alpha value is -1.42. The van der Waals surface area contributed by atoms with Gasteiger partial charge in [-0.2, -0.15) is 0 Å². The van der Waals surface area contributed by atoms with Crippen LogP contribution in [0.3, 0.4) is 0 Å². The first kappa shape index (κ1) is 22.9. The molecule has 28 heavy (non-hydrogen) atoms. The van der Waals surface area contributed by atoms with E-state index in [0.29, 0.717) is 12.6 Å². The Labute approximate surface area is 187 Å². The van der Waals surface area contributed by atoms with Crippen molar-refractivity contribution >= 4 is 47.0 Å². The SMILES string of the molecule is CCNC(=NCc1ncc(CC)s1)NC1CCN(c2cccc(F)c2)CC1.I. The van der Waals surface area contributed by atoms with Crippen LogP contribution in [0.2, 0.25) is 0 Å². The number of aryl methyl sites for hydroxylation is 1. The lowest BCUT2D eigenvalue weighted by atomic mass is 10.0. The number of aromatic nitrogens is 1. The minimum absolute atomic E-state index is 0. The lowest BCUT2D eigenvalue weighted by molar-refractivity contribution is 0.461. The lowest BCUT2D eigenvalue weighted by Gasteiger charge is -2.34. The molecule has 154 valence electrons. The summed E-state index contributed by atoms with van der Waals surface area (Å²) in [6, 6.07) is 7.21. The zero-order valence-electron chi connectivity index (χ0n) is 16.4. The summed E-state index contributed by atoms with van der Waals surface area (Å²) in [6.45, 7) is 7.46. The van der Waals surface area contributed by atoms with Crippen molar-refractivity contribution in [3.05, 3.63) is 46.2 Å². The van der Waals surface area contributed by atoms with Crippen molar-refractivity contribution in [2.24, 2.45) is 4.99 Å². The largest absolute Gasteiger partial charge is 0.371 e. The van der Waals surface area contributed by atoms with E-state index in [1.54, 1.807) is 23.5 Å². The van der Waals surface area contributed by atoms with Crippen LogP contribution in [-0.2, 0) is 13.0 Å². The van der Waals surface area contributed by atoms with Crippen LogP contribution in [-0.4, -0.2) is 36.6 Å².